The number of rotatable bonds is 6. The monoisotopic (exact) mass is 777 g/mol. The van der Waals surface area contributed by atoms with E-state index in [1.807, 2.05) is 18.2 Å². The van der Waals surface area contributed by atoms with Crippen LogP contribution in [-0.2, 0) is 0 Å². The summed E-state index contributed by atoms with van der Waals surface area (Å²) >= 11 is 0. The van der Waals surface area contributed by atoms with Gasteiger partial charge in [-0.05, 0) is 96.0 Å². The van der Waals surface area contributed by atoms with Crippen molar-refractivity contribution in [2.45, 2.75) is 0 Å². The average Bonchev–Trinajstić information content (AvgIpc) is 3.72. The fourth-order valence-electron chi connectivity index (χ4n) is 8.87. The summed E-state index contributed by atoms with van der Waals surface area (Å²) in [5, 5.41) is 9.61. The summed E-state index contributed by atoms with van der Waals surface area (Å²) in [6.07, 6.45) is 0. The first-order chi connectivity index (χ1) is 30.2. The van der Waals surface area contributed by atoms with E-state index < -0.39 is 0 Å². The zero-order valence-electron chi connectivity index (χ0n) is 33.0. The number of nitrogens with zero attached hydrogens (tertiary/aromatic N) is 3. The molecule has 0 unspecified atom stereocenters. The molecule has 2 aromatic heterocycles. The van der Waals surface area contributed by atoms with E-state index in [0.29, 0.717) is 17.5 Å². The first kappa shape index (κ1) is 34.8. The Morgan fingerprint density at radius 1 is 0.246 bits per heavy atom. The van der Waals surface area contributed by atoms with E-state index in [0.717, 1.165) is 66.4 Å². The maximum atomic E-state index is 6.14. The number of fused-ring (bicyclic) bond motifs is 7. The maximum Gasteiger partial charge on any atom is 0.164 e. The van der Waals surface area contributed by atoms with Crippen molar-refractivity contribution in [1.29, 1.82) is 0 Å². The second-order valence-electron chi connectivity index (χ2n) is 15.6. The molecule has 4 nitrogen and oxygen atoms in total. The number of furan rings is 1. The largest absolute Gasteiger partial charge is 0.456 e. The van der Waals surface area contributed by atoms with Crippen molar-refractivity contribution in [2.75, 3.05) is 0 Å². The summed E-state index contributed by atoms with van der Waals surface area (Å²) in [7, 11) is 0. The van der Waals surface area contributed by atoms with Gasteiger partial charge in [0.05, 0.1) is 0 Å². The molecule has 12 aromatic rings. The van der Waals surface area contributed by atoms with Crippen molar-refractivity contribution in [3.8, 4) is 67.5 Å². The average molecular weight is 778 g/mol. The Hall–Kier alpha value is -8.21. The third-order valence-electron chi connectivity index (χ3n) is 11.9. The van der Waals surface area contributed by atoms with Crippen LogP contribution in [0.3, 0.4) is 0 Å². The minimum atomic E-state index is 0.611. The van der Waals surface area contributed by atoms with Gasteiger partial charge < -0.3 is 4.42 Å². The summed E-state index contributed by atoms with van der Waals surface area (Å²) in [4.78, 5) is 15.5. The molecule has 0 radical (unpaired) electrons. The molecule has 0 aliphatic rings. The molecule has 0 aliphatic heterocycles. The molecule has 61 heavy (non-hydrogen) atoms. The number of benzene rings is 10. The number of hydrogen-bond donors (Lipinski definition) is 0. The van der Waals surface area contributed by atoms with Gasteiger partial charge in [0.1, 0.15) is 11.2 Å². The molecule has 0 N–H and O–H groups in total. The second kappa shape index (κ2) is 14.3. The van der Waals surface area contributed by atoms with Crippen molar-refractivity contribution < 1.29 is 4.42 Å². The Morgan fingerprint density at radius 2 is 0.770 bits per heavy atom. The van der Waals surface area contributed by atoms with Crippen LogP contribution in [0.15, 0.2) is 217 Å². The minimum absolute atomic E-state index is 0.611. The van der Waals surface area contributed by atoms with Crippen molar-refractivity contribution in [2.24, 2.45) is 0 Å². The molecule has 0 saturated heterocycles. The highest BCUT2D eigenvalue weighted by atomic mass is 16.3. The van der Waals surface area contributed by atoms with E-state index in [4.69, 9.17) is 19.4 Å². The normalized spacial score (nSPS) is 11.6. The first-order valence-corrected chi connectivity index (χ1v) is 20.6. The zero-order chi connectivity index (χ0) is 40.3. The zero-order valence-corrected chi connectivity index (χ0v) is 33.0. The Morgan fingerprint density at radius 3 is 1.54 bits per heavy atom. The molecule has 0 atom stereocenters. The summed E-state index contributed by atoms with van der Waals surface area (Å²) in [5.74, 6) is 1.84. The molecule has 12 rings (SSSR count). The number of para-hydroxylation sites is 1. The van der Waals surface area contributed by atoms with Gasteiger partial charge in [-0.3, -0.25) is 0 Å². The predicted octanol–water partition coefficient (Wildman–Crippen LogP) is 15.2. The van der Waals surface area contributed by atoms with Crippen molar-refractivity contribution >= 4 is 54.3 Å². The molecule has 0 bridgehead atoms. The van der Waals surface area contributed by atoms with E-state index in [1.165, 1.54) is 37.9 Å². The highest BCUT2D eigenvalue weighted by molar-refractivity contribution is 6.20. The first-order valence-electron chi connectivity index (χ1n) is 20.6. The molecule has 10 aromatic carbocycles. The third kappa shape index (κ3) is 6.12. The Bertz CT molecular complexity index is 3630. The molecule has 2 heterocycles. The highest BCUT2D eigenvalue weighted by Crippen LogP contribution is 2.40. The fourth-order valence-corrected chi connectivity index (χ4v) is 8.87. The maximum absolute atomic E-state index is 6.14. The van der Waals surface area contributed by atoms with E-state index in [-0.39, 0.29) is 0 Å². The molecule has 0 saturated carbocycles. The van der Waals surface area contributed by atoms with Gasteiger partial charge in [-0.15, -0.1) is 0 Å². The van der Waals surface area contributed by atoms with Crippen LogP contribution < -0.4 is 0 Å². The Kier molecular flexibility index (Phi) is 8.13. The van der Waals surface area contributed by atoms with Crippen LogP contribution in [-0.4, -0.2) is 15.0 Å². The van der Waals surface area contributed by atoms with Gasteiger partial charge >= 0.3 is 0 Å². The van der Waals surface area contributed by atoms with Crippen molar-refractivity contribution in [3.05, 3.63) is 212 Å². The van der Waals surface area contributed by atoms with E-state index in [9.17, 15) is 0 Å². The lowest BCUT2D eigenvalue weighted by Gasteiger charge is -2.14. The van der Waals surface area contributed by atoms with Crippen LogP contribution in [0.2, 0.25) is 0 Å². The van der Waals surface area contributed by atoms with Crippen molar-refractivity contribution in [1.82, 2.24) is 15.0 Å². The lowest BCUT2D eigenvalue weighted by Crippen LogP contribution is -2.00. The van der Waals surface area contributed by atoms with Crippen LogP contribution >= 0.6 is 0 Å². The van der Waals surface area contributed by atoms with Gasteiger partial charge in [-0.2, -0.15) is 0 Å². The van der Waals surface area contributed by atoms with Gasteiger partial charge in [-0.25, -0.2) is 15.0 Å². The standard InChI is InChI=1S/C57H35N3O/c1-2-11-36(12-3-1)37-21-25-40(26-22-37)55-58-56(60-57(59-55)45-16-10-15-42(33-45)43-30-32-53-51(34-43)48-19-8-9-20-52(48)61-53)41-27-23-39(24-28-41)54-47-18-7-5-14-44(47)35-50-46-17-6-4-13-38(46)29-31-49(50)54/h1-35H. The fraction of sp³-hybridized carbons (Fsp3) is 0. The Labute approximate surface area is 352 Å². The van der Waals surface area contributed by atoms with Crippen LogP contribution in [0.25, 0.3) is 122 Å². The number of hydrogen-bond acceptors (Lipinski definition) is 4. The number of aromatic nitrogens is 3. The lowest BCUT2D eigenvalue weighted by molar-refractivity contribution is 0.669. The van der Waals surface area contributed by atoms with Gasteiger partial charge in [-0.1, -0.05) is 182 Å². The minimum Gasteiger partial charge on any atom is -0.456 e. The van der Waals surface area contributed by atoms with E-state index >= 15 is 0 Å². The molecular formula is C57H35N3O. The smallest absolute Gasteiger partial charge is 0.164 e. The summed E-state index contributed by atoms with van der Waals surface area (Å²) in [6, 6.07) is 74.8. The van der Waals surface area contributed by atoms with E-state index in [1.54, 1.807) is 0 Å². The molecule has 0 fully saturated rings. The molecule has 0 aliphatic carbocycles. The summed E-state index contributed by atoms with van der Waals surface area (Å²) < 4.78 is 6.14. The van der Waals surface area contributed by atoms with Gasteiger partial charge in [0, 0.05) is 27.5 Å². The molecule has 284 valence electrons. The van der Waals surface area contributed by atoms with Crippen LogP contribution in [0.1, 0.15) is 0 Å². The van der Waals surface area contributed by atoms with Crippen LogP contribution in [0.4, 0.5) is 0 Å². The quantitative estimate of drug-likeness (QED) is 0.125. The summed E-state index contributed by atoms with van der Waals surface area (Å²) in [5.41, 5.74) is 11.3. The van der Waals surface area contributed by atoms with Gasteiger partial charge in [0.2, 0.25) is 0 Å². The topological polar surface area (TPSA) is 51.8 Å². The molecule has 0 amide bonds. The lowest BCUT2D eigenvalue weighted by atomic mass is 9.89. The van der Waals surface area contributed by atoms with Crippen molar-refractivity contribution in [3.63, 3.8) is 0 Å². The summed E-state index contributed by atoms with van der Waals surface area (Å²) in [6.45, 7) is 0. The van der Waals surface area contributed by atoms with Gasteiger partial charge in [0.15, 0.2) is 17.5 Å². The van der Waals surface area contributed by atoms with Crippen LogP contribution in [0.5, 0.6) is 0 Å². The van der Waals surface area contributed by atoms with E-state index in [2.05, 4.69) is 194 Å². The molecule has 4 heteroatoms. The SMILES string of the molecule is c1ccc(-c2ccc(-c3nc(-c4ccc(-c5c6ccccc6cc6c5ccc5ccccc56)cc4)nc(-c4cccc(-c5ccc6oc7ccccc7c6c5)c4)n3)cc2)cc1. The molecule has 0 spiro atoms. The van der Waals surface area contributed by atoms with Gasteiger partial charge in [0.25, 0.3) is 0 Å². The highest BCUT2D eigenvalue weighted by Gasteiger charge is 2.17. The second-order valence-corrected chi connectivity index (χ2v) is 15.6. The predicted molar refractivity (Wildman–Crippen MR) is 252 cm³/mol. The Balaban J connectivity index is 0.983. The van der Waals surface area contributed by atoms with Crippen LogP contribution in [0, 0.1) is 0 Å². The third-order valence-corrected chi connectivity index (χ3v) is 11.9. The molecular weight excluding hydrogens is 743 g/mol.